The maximum atomic E-state index is 12.8. The molecule has 180 valence electrons. The van der Waals surface area contributed by atoms with E-state index in [1.54, 1.807) is 88.4 Å². The Morgan fingerprint density at radius 2 is 0.941 bits per heavy atom. The molecule has 2 aromatic carbocycles. The van der Waals surface area contributed by atoms with Gasteiger partial charge in [0.15, 0.2) is 0 Å². The van der Waals surface area contributed by atoms with Crippen molar-refractivity contribution in [1.82, 2.24) is 0 Å². The number of rotatable bonds is 8. The molecule has 10 heteroatoms. The van der Waals surface area contributed by atoms with Gasteiger partial charge in [-0.15, -0.1) is 0 Å². The Labute approximate surface area is 198 Å². The number of hydrogen-bond donors (Lipinski definition) is 2. The molecule has 0 aliphatic carbocycles. The highest BCUT2D eigenvalue weighted by atomic mass is 31.2. The van der Waals surface area contributed by atoms with Crippen molar-refractivity contribution in [3.63, 3.8) is 0 Å². The Morgan fingerprint density at radius 1 is 0.647 bits per heavy atom. The zero-order valence-electron chi connectivity index (χ0n) is 19.2. The normalized spacial score (nSPS) is 14.4. The van der Waals surface area contributed by atoms with Crippen LogP contribution in [0.15, 0.2) is 84.0 Å². The zero-order chi connectivity index (χ0) is 25.5. The standard InChI is InChI=1S/C24H26O8P2/c1-17(2)23(19-11-7-5-8-12-19)33(27,28)31-21(25)15-16-22(26)32-34(29,30)24(18(3)4)20-13-9-6-10-14-20/h5-16H,1-4H3,(H,27,28)(H,29,30)/b16-15-. The summed E-state index contributed by atoms with van der Waals surface area (Å²) in [7, 11) is -9.18. The van der Waals surface area contributed by atoms with E-state index < -0.39 is 27.1 Å². The third kappa shape index (κ3) is 7.24. The van der Waals surface area contributed by atoms with Gasteiger partial charge in [-0.25, -0.2) is 18.7 Å². The Morgan fingerprint density at radius 3 is 1.21 bits per heavy atom. The highest BCUT2D eigenvalue weighted by Gasteiger charge is 2.33. The van der Waals surface area contributed by atoms with E-state index in [0.29, 0.717) is 34.4 Å². The molecule has 0 heterocycles. The average Bonchev–Trinajstić information content (AvgIpc) is 2.72. The molecule has 0 aliphatic rings. The first-order valence-corrected chi connectivity index (χ1v) is 13.3. The summed E-state index contributed by atoms with van der Waals surface area (Å²) in [5, 5.41) is -0.0957. The maximum absolute atomic E-state index is 12.8. The van der Waals surface area contributed by atoms with E-state index in [1.165, 1.54) is 0 Å². The molecule has 2 rings (SSSR count). The quantitative estimate of drug-likeness (QED) is 0.336. The Hall–Kier alpha value is -3.02. The van der Waals surface area contributed by atoms with Gasteiger partial charge in [0.1, 0.15) is 0 Å². The van der Waals surface area contributed by atoms with Gasteiger partial charge in [-0.2, -0.15) is 0 Å². The van der Waals surface area contributed by atoms with Crippen LogP contribution >= 0.6 is 15.2 Å². The largest absolute Gasteiger partial charge is 0.411 e. The minimum atomic E-state index is -4.59. The Balaban J connectivity index is 2.16. The van der Waals surface area contributed by atoms with Crippen molar-refractivity contribution in [2.45, 2.75) is 27.7 Å². The summed E-state index contributed by atoms with van der Waals surface area (Å²) in [5.74, 6) is -2.59. The van der Waals surface area contributed by atoms with Crippen molar-refractivity contribution in [3.05, 3.63) is 95.1 Å². The molecule has 0 fully saturated rings. The van der Waals surface area contributed by atoms with Gasteiger partial charge in [0, 0.05) is 12.2 Å². The predicted molar refractivity (Wildman–Crippen MR) is 130 cm³/mol. The van der Waals surface area contributed by atoms with Crippen LogP contribution in [0.3, 0.4) is 0 Å². The van der Waals surface area contributed by atoms with Gasteiger partial charge in [0.2, 0.25) is 0 Å². The van der Waals surface area contributed by atoms with Crippen molar-refractivity contribution in [3.8, 4) is 0 Å². The van der Waals surface area contributed by atoms with Crippen molar-refractivity contribution < 1.29 is 37.6 Å². The molecule has 2 N–H and O–H groups in total. The molecule has 34 heavy (non-hydrogen) atoms. The second kappa shape index (κ2) is 11.4. The smallest absolute Gasteiger partial charge is 0.385 e. The van der Waals surface area contributed by atoms with Gasteiger partial charge in [0.25, 0.3) is 0 Å². The number of allylic oxidation sites excluding steroid dienone is 2. The number of hydrogen-bond acceptors (Lipinski definition) is 6. The van der Waals surface area contributed by atoms with E-state index in [2.05, 4.69) is 0 Å². The highest BCUT2D eigenvalue weighted by molar-refractivity contribution is 7.65. The van der Waals surface area contributed by atoms with Crippen LogP contribution < -0.4 is 0 Å². The van der Waals surface area contributed by atoms with Crippen LogP contribution in [-0.2, 0) is 27.8 Å². The van der Waals surface area contributed by atoms with Gasteiger partial charge < -0.3 is 18.8 Å². The summed E-state index contributed by atoms with van der Waals surface area (Å²) in [5.41, 5.74) is 1.73. The summed E-state index contributed by atoms with van der Waals surface area (Å²) < 4.78 is 35.0. The topological polar surface area (TPSA) is 127 Å². The van der Waals surface area contributed by atoms with Crippen LogP contribution in [-0.4, -0.2) is 21.7 Å². The third-order valence-electron chi connectivity index (χ3n) is 4.39. The van der Waals surface area contributed by atoms with E-state index in [4.69, 9.17) is 9.05 Å². The molecular weight excluding hydrogens is 478 g/mol. The van der Waals surface area contributed by atoms with Gasteiger partial charge in [-0.3, -0.25) is 0 Å². The summed E-state index contributed by atoms with van der Waals surface area (Å²) in [6, 6.07) is 16.5. The van der Waals surface area contributed by atoms with Crippen molar-refractivity contribution >= 4 is 37.8 Å². The number of benzene rings is 2. The van der Waals surface area contributed by atoms with E-state index in [9.17, 15) is 28.5 Å². The van der Waals surface area contributed by atoms with Gasteiger partial charge in [0.05, 0.1) is 10.6 Å². The fourth-order valence-electron chi connectivity index (χ4n) is 3.19. The molecule has 2 aromatic rings. The van der Waals surface area contributed by atoms with E-state index in [-0.39, 0.29) is 10.6 Å². The molecule has 0 bridgehead atoms. The minimum Gasteiger partial charge on any atom is -0.385 e. The SMILES string of the molecule is CC(C)=C(c1ccccc1)P(=O)(O)OC(=O)/C=C\C(=O)OP(=O)(O)C(=C(C)C)c1ccccc1. The molecular formula is C24H26O8P2. The van der Waals surface area contributed by atoms with Gasteiger partial charge >= 0.3 is 27.1 Å². The summed E-state index contributed by atoms with van der Waals surface area (Å²) >= 11 is 0. The van der Waals surface area contributed by atoms with Crippen LogP contribution in [0.1, 0.15) is 38.8 Å². The van der Waals surface area contributed by atoms with Crippen LogP contribution in [0, 0.1) is 0 Å². The first kappa shape index (κ1) is 27.2. The monoisotopic (exact) mass is 504 g/mol. The van der Waals surface area contributed by atoms with Crippen molar-refractivity contribution in [1.29, 1.82) is 0 Å². The zero-order valence-corrected chi connectivity index (χ0v) is 21.0. The molecule has 0 saturated heterocycles. The maximum Gasteiger partial charge on any atom is 0.411 e. The van der Waals surface area contributed by atoms with Gasteiger partial charge in [-0.05, 0) is 38.8 Å². The van der Waals surface area contributed by atoms with Gasteiger partial charge in [-0.1, -0.05) is 71.8 Å². The first-order chi connectivity index (χ1) is 15.8. The number of carbonyl (C=O) groups excluding carboxylic acids is 2. The lowest BCUT2D eigenvalue weighted by atomic mass is 10.1. The van der Waals surface area contributed by atoms with Crippen LogP contribution in [0.2, 0.25) is 0 Å². The lowest BCUT2D eigenvalue weighted by Crippen LogP contribution is -2.05. The molecule has 8 nitrogen and oxygen atoms in total. The Kier molecular flexibility index (Phi) is 9.14. The first-order valence-electron chi connectivity index (χ1n) is 10.1. The molecule has 0 radical (unpaired) electrons. The van der Waals surface area contributed by atoms with E-state index in [0.717, 1.165) is 0 Å². The highest BCUT2D eigenvalue weighted by Crippen LogP contribution is 2.58. The fraction of sp³-hybridized carbons (Fsp3) is 0.167. The average molecular weight is 504 g/mol. The molecule has 2 atom stereocenters. The fourth-order valence-corrected chi connectivity index (χ4v) is 6.07. The summed E-state index contributed by atoms with van der Waals surface area (Å²) in [4.78, 5) is 45.1. The second-order valence-electron chi connectivity index (χ2n) is 7.62. The Bertz CT molecular complexity index is 1140. The molecule has 2 unspecified atom stereocenters. The van der Waals surface area contributed by atoms with E-state index in [1.807, 2.05) is 0 Å². The molecule has 0 aliphatic heterocycles. The molecule has 0 spiro atoms. The summed E-state index contributed by atoms with van der Waals surface area (Å²) in [6.45, 7) is 6.38. The predicted octanol–water partition coefficient (Wildman–Crippen LogP) is 5.90. The third-order valence-corrected chi connectivity index (χ3v) is 7.79. The molecule has 0 aromatic heterocycles. The van der Waals surface area contributed by atoms with Crippen LogP contribution in [0.5, 0.6) is 0 Å². The van der Waals surface area contributed by atoms with Crippen molar-refractivity contribution in [2.24, 2.45) is 0 Å². The van der Waals surface area contributed by atoms with Crippen LogP contribution in [0.25, 0.3) is 10.6 Å². The van der Waals surface area contributed by atoms with Crippen molar-refractivity contribution in [2.75, 3.05) is 0 Å². The minimum absolute atomic E-state index is 0.0478. The lowest BCUT2D eigenvalue weighted by Gasteiger charge is -2.17. The lowest BCUT2D eigenvalue weighted by molar-refractivity contribution is -0.131. The van der Waals surface area contributed by atoms with Crippen LogP contribution in [0.4, 0.5) is 0 Å². The molecule has 0 amide bonds. The number of carbonyl (C=O) groups is 2. The van der Waals surface area contributed by atoms with E-state index >= 15 is 0 Å². The second-order valence-corrected chi connectivity index (χ2v) is 11.0. The summed E-state index contributed by atoms with van der Waals surface area (Å²) in [6.07, 6.45) is 1.12. The molecule has 0 saturated carbocycles.